The summed E-state index contributed by atoms with van der Waals surface area (Å²) in [5.74, 6) is -0.0777. The second-order valence-electron chi connectivity index (χ2n) is 4.84. The second-order valence-corrected chi connectivity index (χ2v) is 5.68. The van der Waals surface area contributed by atoms with Crippen LogP contribution in [0.4, 0.5) is 0 Å². The SMILES string of the molecule is NC[C@H]1CC[C@@H](C(=O)NCCc2ccc(Cl)cc2Cl)O1. The van der Waals surface area contributed by atoms with Crippen LogP contribution in [0.2, 0.25) is 10.0 Å². The summed E-state index contributed by atoms with van der Waals surface area (Å²) in [6.45, 7) is 0.984. The van der Waals surface area contributed by atoms with Gasteiger partial charge in [0.1, 0.15) is 6.10 Å². The van der Waals surface area contributed by atoms with E-state index in [2.05, 4.69) is 5.32 Å². The van der Waals surface area contributed by atoms with Crippen molar-refractivity contribution in [2.45, 2.75) is 31.5 Å². The zero-order valence-corrected chi connectivity index (χ0v) is 12.6. The Labute approximate surface area is 128 Å². The third-order valence-electron chi connectivity index (χ3n) is 3.37. The molecule has 2 atom stereocenters. The van der Waals surface area contributed by atoms with Gasteiger partial charge in [-0.05, 0) is 37.0 Å². The maximum Gasteiger partial charge on any atom is 0.249 e. The van der Waals surface area contributed by atoms with E-state index >= 15 is 0 Å². The normalized spacial score (nSPS) is 21.9. The highest BCUT2D eigenvalue weighted by molar-refractivity contribution is 6.35. The number of hydrogen-bond acceptors (Lipinski definition) is 3. The lowest BCUT2D eigenvalue weighted by Gasteiger charge is -2.13. The van der Waals surface area contributed by atoms with E-state index in [1.54, 1.807) is 12.1 Å². The van der Waals surface area contributed by atoms with Gasteiger partial charge in [-0.3, -0.25) is 4.79 Å². The predicted molar refractivity (Wildman–Crippen MR) is 80.1 cm³/mol. The fourth-order valence-electron chi connectivity index (χ4n) is 2.23. The van der Waals surface area contributed by atoms with E-state index in [1.165, 1.54) is 0 Å². The number of hydrogen-bond donors (Lipinski definition) is 2. The monoisotopic (exact) mass is 316 g/mol. The molecule has 3 N–H and O–H groups in total. The van der Waals surface area contributed by atoms with Crippen LogP contribution in [0.15, 0.2) is 18.2 Å². The zero-order chi connectivity index (χ0) is 14.5. The van der Waals surface area contributed by atoms with Crippen molar-refractivity contribution in [3.8, 4) is 0 Å². The molecule has 0 bridgehead atoms. The van der Waals surface area contributed by atoms with Crippen molar-refractivity contribution in [1.29, 1.82) is 0 Å². The first-order valence-electron chi connectivity index (χ1n) is 6.67. The minimum Gasteiger partial charge on any atom is -0.364 e. The molecule has 0 unspecified atom stereocenters. The lowest BCUT2D eigenvalue weighted by molar-refractivity contribution is -0.131. The molecule has 2 rings (SSSR count). The Balaban J connectivity index is 1.77. The van der Waals surface area contributed by atoms with Gasteiger partial charge in [0.15, 0.2) is 0 Å². The summed E-state index contributed by atoms with van der Waals surface area (Å²) in [6, 6.07) is 5.36. The number of nitrogens with one attached hydrogen (secondary N) is 1. The number of nitrogens with two attached hydrogens (primary N) is 1. The Bertz CT molecular complexity index is 482. The van der Waals surface area contributed by atoms with Gasteiger partial charge in [-0.1, -0.05) is 29.3 Å². The molecule has 1 saturated heterocycles. The van der Waals surface area contributed by atoms with Crippen LogP contribution in [-0.2, 0) is 16.0 Å². The van der Waals surface area contributed by atoms with Crippen LogP contribution in [0, 0.1) is 0 Å². The largest absolute Gasteiger partial charge is 0.364 e. The van der Waals surface area contributed by atoms with E-state index in [0.717, 1.165) is 18.4 Å². The van der Waals surface area contributed by atoms with Crippen LogP contribution < -0.4 is 11.1 Å². The number of carbonyl (C=O) groups is 1. The van der Waals surface area contributed by atoms with Gasteiger partial charge in [0.05, 0.1) is 6.10 Å². The van der Waals surface area contributed by atoms with E-state index < -0.39 is 0 Å². The molecule has 0 saturated carbocycles. The first kappa shape index (κ1) is 15.6. The molecular weight excluding hydrogens is 299 g/mol. The average Bonchev–Trinajstić information content (AvgIpc) is 2.90. The van der Waals surface area contributed by atoms with Gasteiger partial charge in [-0.15, -0.1) is 0 Å². The molecular formula is C14H18Cl2N2O2. The first-order chi connectivity index (χ1) is 9.60. The summed E-state index contributed by atoms with van der Waals surface area (Å²) in [6.07, 6.45) is 1.88. The smallest absolute Gasteiger partial charge is 0.249 e. The van der Waals surface area contributed by atoms with E-state index in [4.69, 9.17) is 33.7 Å². The second kappa shape index (κ2) is 7.27. The molecule has 110 valence electrons. The van der Waals surface area contributed by atoms with Gasteiger partial charge in [0.2, 0.25) is 5.91 Å². The van der Waals surface area contributed by atoms with E-state index in [9.17, 15) is 4.79 Å². The highest BCUT2D eigenvalue weighted by atomic mass is 35.5. The molecule has 6 heteroatoms. The Kier molecular flexibility index (Phi) is 5.66. The number of rotatable bonds is 5. The molecule has 1 aliphatic heterocycles. The standard InChI is InChI=1S/C14H18Cl2N2O2/c15-10-2-1-9(12(16)7-10)5-6-18-14(19)13-4-3-11(8-17)20-13/h1-2,7,11,13H,3-6,8,17H2,(H,18,19)/t11-,13+/m1/s1. The van der Waals surface area contributed by atoms with Gasteiger partial charge < -0.3 is 15.8 Å². The summed E-state index contributed by atoms with van der Waals surface area (Å²) in [7, 11) is 0. The minimum absolute atomic E-state index is 0.0106. The van der Waals surface area contributed by atoms with Gasteiger partial charge in [0, 0.05) is 23.1 Å². The van der Waals surface area contributed by atoms with Crippen molar-refractivity contribution in [3.63, 3.8) is 0 Å². The van der Waals surface area contributed by atoms with Crippen LogP contribution in [-0.4, -0.2) is 31.2 Å². The molecule has 1 heterocycles. The molecule has 0 spiro atoms. The van der Waals surface area contributed by atoms with E-state index in [1.807, 2.05) is 6.07 Å². The van der Waals surface area contributed by atoms with Gasteiger partial charge in [-0.2, -0.15) is 0 Å². The first-order valence-corrected chi connectivity index (χ1v) is 7.43. The molecule has 1 fully saturated rings. The molecule has 0 aliphatic carbocycles. The van der Waals surface area contributed by atoms with Crippen molar-refractivity contribution in [1.82, 2.24) is 5.32 Å². The summed E-state index contributed by atoms with van der Waals surface area (Å²) in [4.78, 5) is 11.9. The average molecular weight is 317 g/mol. The van der Waals surface area contributed by atoms with Crippen molar-refractivity contribution in [2.24, 2.45) is 5.73 Å². The third-order valence-corrected chi connectivity index (χ3v) is 3.96. The van der Waals surface area contributed by atoms with Gasteiger partial charge in [-0.25, -0.2) is 0 Å². The van der Waals surface area contributed by atoms with Crippen LogP contribution in [0.3, 0.4) is 0 Å². The molecule has 1 aromatic rings. The fourth-order valence-corrected chi connectivity index (χ4v) is 2.73. The summed E-state index contributed by atoms with van der Waals surface area (Å²) in [5, 5.41) is 4.09. The highest BCUT2D eigenvalue weighted by Crippen LogP contribution is 2.21. The van der Waals surface area contributed by atoms with Crippen LogP contribution >= 0.6 is 23.2 Å². The Morgan fingerprint density at radius 1 is 1.40 bits per heavy atom. The molecule has 0 aromatic heterocycles. The van der Waals surface area contributed by atoms with Crippen LogP contribution in [0.1, 0.15) is 18.4 Å². The number of halogens is 2. The summed E-state index contributed by atoms with van der Waals surface area (Å²) < 4.78 is 5.53. The Hall–Kier alpha value is -0.810. The molecule has 1 amide bonds. The molecule has 4 nitrogen and oxygen atoms in total. The maximum absolute atomic E-state index is 11.9. The van der Waals surface area contributed by atoms with Crippen molar-refractivity contribution in [3.05, 3.63) is 33.8 Å². The fraction of sp³-hybridized carbons (Fsp3) is 0.500. The quantitative estimate of drug-likeness (QED) is 0.875. The number of amides is 1. The minimum atomic E-state index is -0.371. The maximum atomic E-state index is 11.9. The number of benzene rings is 1. The number of carbonyl (C=O) groups excluding carboxylic acids is 1. The third kappa shape index (κ3) is 4.09. The summed E-state index contributed by atoms with van der Waals surface area (Å²) >= 11 is 11.9. The Morgan fingerprint density at radius 2 is 2.20 bits per heavy atom. The van der Waals surface area contributed by atoms with Crippen molar-refractivity contribution < 1.29 is 9.53 Å². The van der Waals surface area contributed by atoms with Crippen LogP contribution in [0.5, 0.6) is 0 Å². The highest BCUT2D eigenvalue weighted by Gasteiger charge is 2.29. The van der Waals surface area contributed by atoms with E-state index in [-0.39, 0.29) is 18.1 Å². The van der Waals surface area contributed by atoms with Gasteiger partial charge >= 0.3 is 0 Å². The lowest BCUT2D eigenvalue weighted by Crippen LogP contribution is -2.36. The van der Waals surface area contributed by atoms with Gasteiger partial charge in [0.25, 0.3) is 0 Å². The molecule has 1 aliphatic rings. The van der Waals surface area contributed by atoms with Crippen molar-refractivity contribution >= 4 is 29.1 Å². The predicted octanol–water partition coefficient (Wildman–Crippen LogP) is 2.16. The van der Waals surface area contributed by atoms with Crippen molar-refractivity contribution in [2.75, 3.05) is 13.1 Å². The summed E-state index contributed by atoms with van der Waals surface area (Å²) in [5.41, 5.74) is 6.48. The molecule has 0 radical (unpaired) electrons. The Morgan fingerprint density at radius 3 is 2.85 bits per heavy atom. The molecule has 20 heavy (non-hydrogen) atoms. The van der Waals surface area contributed by atoms with Crippen LogP contribution in [0.25, 0.3) is 0 Å². The topological polar surface area (TPSA) is 64.4 Å². The van der Waals surface area contributed by atoms with E-state index in [0.29, 0.717) is 29.6 Å². The number of ether oxygens (including phenoxy) is 1. The zero-order valence-electron chi connectivity index (χ0n) is 11.1. The lowest BCUT2D eigenvalue weighted by atomic mass is 10.1. The molecule has 1 aromatic carbocycles.